The topological polar surface area (TPSA) is 58.2 Å². The molecule has 2 N–H and O–H groups in total. The average molecular weight is 329 g/mol. The lowest BCUT2D eigenvalue weighted by molar-refractivity contribution is 0.579. The van der Waals surface area contributed by atoms with Gasteiger partial charge in [0, 0.05) is 17.8 Å². The van der Waals surface area contributed by atoms with Gasteiger partial charge >= 0.3 is 0 Å². The van der Waals surface area contributed by atoms with Crippen molar-refractivity contribution in [3.05, 3.63) is 29.8 Å². The maximum atomic E-state index is 12.3. The fraction of sp³-hybridized carbons (Fsp3) is 0.600. The molecule has 4 nitrogen and oxygen atoms in total. The molecule has 6 heteroatoms. The van der Waals surface area contributed by atoms with Gasteiger partial charge in [0.15, 0.2) is 0 Å². The number of rotatable bonds is 9. The monoisotopic (exact) mass is 328 g/mol. The summed E-state index contributed by atoms with van der Waals surface area (Å²) in [6, 6.07) is 7.12. The van der Waals surface area contributed by atoms with Crippen LogP contribution >= 0.6 is 11.8 Å². The molecule has 0 unspecified atom stereocenters. The van der Waals surface area contributed by atoms with Gasteiger partial charge < -0.3 is 5.32 Å². The highest BCUT2D eigenvalue weighted by Crippen LogP contribution is 2.46. The molecule has 1 fully saturated rings. The Hall–Kier alpha value is -0.560. The molecule has 0 saturated heterocycles. The van der Waals surface area contributed by atoms with Crippen LogP contribution in [0.3, 0.4) is 0 Å². The van der Waals surface area contributed by atoms with E-state index in [1.807, 2.05) is 18.4 Å². The number of hydrogen-bond acceptors (Lipinski definition) is 4. The number of sulfonamides is 1. The van der Waals surface area contributed by atoms with Gasteiger partial charge in [0.25, 0.3) is 0 Å². The Bertz CT molecular complexity index is 552. The van der Waals surface area contributed by atoms with Gasteiger partial charge in [0.05, 0.1) is 4.90 Å². The minimum absolute atomic E-state index is 0.136. The molecule has 0 radical (unpaired) electrons. The van der Waals surface area contributed by atoms with Gasteiger partial charge in [-0.3, -0.25) is 0 Å². The van der Waals surface area contributed by atoms with Crippen molar-refractivity contribution in [2.24, 2.45) is 0 Å². The van der Waals surface area contributed by atoms with Crippen molar-refractivity contribution in [3.63, 3.8) is 0 Å². The van der Waals surface area contributed by atoms with E-state index in [9.17, 15) is 8.42 Å². The Labute approximate surface area is 132 Å². The third kappa shape index (κ3) is 4.71. The Morgan fingerprint density at radius 1 is 1.24 bits per heavy atom. The van der Waals surface area contributed by atoms with Crippen LogP contribution in [0, 0.1) is 0 Å². The first-order valence-corrected chi connectivity index (χ1v) is 10.1. The third-order valence-electron chi connectivity index (χ3n) is 3.81. The van der Waals surface area contributed by atoms with E-state index in [0.717, 1.165) is 37.9 Å². The van der Waals surface area contributed by atoms with Gasteiger partial charge in [-0.2, -0.15) is 11.8 Å². The van der Waals surface area contributed by atoms with Gasteiger partial charge in [-0.05, 0) is 49.8 Å². The Morgan fingerprint density at radius 3 is 2.43 bits per heavy atom. The van der Waals surface area contributed by atoms with E-state index >= 15 is 0 Å². The SMILES string of the molecule is CCCNCc1ccc(S(=O)(=O)NCC2(SC)CC2)cc1. The quantitative estimate of drug-likeness (QED) is 0.683. The molecule has 0 aliphatic heterocycles. The van der Waals surface area contributed by atoms with Crippen molar-refractivity contribution >= 4 is 21.8 Å². The molecule has 0 bridgehead atoms. The summed E-state index contributed by atoms with van der Waals surface area (Å²) < 4.78 is 27.4. The molecular weight excluding hydrogens is 304 g/mol. The zero-order chi connectivity index (χ0) is 15.3. The number of nitrogens with one attached hydrogen (secondary N) is 2. The van der Waals surface area contributed by atoms with Gasteiger partial charge in [-0.25, -0.2) is 13.1 Å². The molecule has 2 rings (SSSR count). The lowest BCUT2D eigenvalue weighted by Gasteiger charge is -2.13. The summed E-state index contributed by atoms with van der Waals surface area (Å²) in [4.78, 5) is 0.346. The second kappa shape index (κ2) is 7.13. The van der Waals surface area contributed by atoms with Crippen molar-refractivity contribution in [1.82, 2.24) is 10.0 Å². The summed E-state index contributed by atoms with van der Waals surface area (Å²) in [6.07, 6.45) is 5.32. The third-order valence-corrected chi connectivity index (χ3v) is 6.65. The summed E-state index contributed by atoms with van der Waals surface area (Å²) in [5, 5.41) is 3.30. The fourth-order valence-corrected chi connectivity index (χ4v) is 4.04. The van der Waals surface area contributed by atoms with Gasteiger partial charge in [-0.1, -0.05) is 19.1 Å². The van der Waals surface area contributed by atoms with Gasteiger partial charge in [0.2, 0.25) is 10.0 Å². The summed E-state index contributed by atoms with van der Waals surface area (Å²) in [5.74, 6) is 0. The Balaban J connectivity index is 1.93. The van der Waals surface area contributed by atoms with Crippen molar-refractivity contribution in [1.29, 1.82) is 0 Å². The Kier molecular flexibility index (Phi) is 5.71. The maximum Gasteiger partial charge on any atom is 0.240 e. The van der Waals surface area contributed by atoms with Crippen LogP contribution in [-0.2, 0) is 16.6 Å². The van der Waals surface area contributed by atoms with Crippen molar-refractivity contribution in [3.8, 4) is 0 Å². The highest BCUT2D eigenvalue weighted by Gasteiger charge is 2.42. The number of thioether (sulfide) groups is 1. The molecule has 1 aliphatic carbocycles. The molecule has 1 aliphatic rings. The molecule has 118 valence electrons. The largest absolute Gasteiger partial charge is 0.313 e. The standard InChI is InChI=1S/C15H24N2O2S2/c1-3-10-16-11-13-4-6-14(7-5-13)21(18,19)17-12-15(20-2)8-9-15/h4-7,16-17H,3,8-12H2,1-2H3. The van der Waals surface area contributed by atoms with Crippen LogP contribution in [0.5, 0.6) is 0 Å². The van der Waals surface area contributed by atoms with Gasteiger partial charge in [0.1, 0.15) is 0 Å². The summed E-state index contributed by atoms with van der Waals surface area (Å²) in [7, 11) is -3.39. The van der Waals surface area contributed by atoms with E-state index < -0.39 is 10.0 Å². The summed E-state index contributed by atoms with van der Waals surface area (Å²) in [5.41, 5.74) is 1.10. The zero-order valence-corrected chi connectivity index (χ0v) is 14.3. The Morgan fingerprint density at radius 2 is 1.90 bits per heavy atom. The molecule has 21 heavy (non-hydrogen) atoms. The van der Waals surface area contributed by atoms with Crippen LogP contribution < -0.4 is 10.0 Å². The van der Waals surface area contributed by atoms with E-state index in [1.165, 1.54) is 0 Å². The molecular formula is C15H24N2O2S2. The first-order valence-electron chi connectivity index (χ1n) is 7.36. The lowest BCUT2D eigenvalue weighted by atomic mass is 10.2. The van der Waals surface area contributed by atoms with Crippen molar-refractivity contribution in [2.45, 2.75) is 42.4 Å². The van der Waals surface area contributed by atoms with Crippen molar-refractivity contribution in [2.75, 3.05) is 19.3 Å². The summed E-state index contributed by atoms with van der Waals surface area (Å²) in [6.45, 7) is 4.39. The van der Waals surface area contributed by atoms with Crippen molar-refractivity contribution < 1.29 is 8.42 Å². The molecule has 1 aromatic carbocycles. The molecule has 1 aromatic rings. The normalized spacial score (nSPS) is 16.9. The fourth-order valence-electron chi connectivity index (χ4n) is 2.10. The van der Waals surface area contributed by atoms with E-state index in [-0.39, 0.29) is 4.75 Å². The molecule has 0 spiro atoms. The lowest BCUT2D eigenvalue weighted by Crippen LogP contribution is -2.31. The smallest absolute Gasteiger partial charge is 0.240 e. The molecule has 0 amide bonds. The molecule has 1 saturated carbocycles. The highest BCUT2D eigenvalue weighted by molar-refractivity contribution is 8.00. The van der Waals surface area contributed by atoms with Crippen LogP contribution in [-0.4, -0.2) is 32.5 Å². The van der Waals surface area contributed by atoms with Gasteiger partial charge in [-0.15, -0.1) is 0 Å². The minimum atomic E-state index is -3.39. The van der Waals surface area contributed by atoms with Crippen LogP contribution in [0.4, 0.5) is 0 Å². The molecule has 0 atom stereocenters. The summed E-state index contributed by atoms with van der Waals surface area (Å²) >= 11 is 1.75. The van der Waals surface area contributed by atoms with Crippen LogP contribution in [0.1, 0.15) is 31.7 Å². The second-order valence-electron chi connectivity index (χ2n) is 5.53. The van der Waals surface area contributed by atoms with E-state index in [0.29, 0.717) is 11.4 Å². The van der Waals surface area contributed by atoms with E-state index in [4.69, 9.17) is 0 Å². The minimum Gasteiger partial charge on any atom is -0.313 e. The van der Waals surface area contributed by atoms with E-state index in [1.54, 1.807) is 23.9 Å². The van der Waals surface area contributed by atoms with Crippen LogP contribution in [0.2, 0.25) is 0 Å². The number of benzene rings is 1. The zero-order valence-electron chi connectivity index (χ0n) is 12.7. The first kappa shape index (κ1) is 16.8. The first-order chi connectivity index (χ1) is 10.0. The predicted octanol–water partition coefficient (Wildman–Crippen LogP) is 2.36. The average Bonchev–Trinajstić information content (AvgIpc) is 3.27. The molecule has 0 heterocycles. The highest BCUT2D eigenvalue weighted by atomic mass is 32.2. The van der Waals surface area contributed by atoms with Crippen LogP contribution in [0.15, 0.2) is 29.2 Å². The number of hydrogen-bond donors (Lipinski definition) is 2. The van der Waals surface area contributed by atoms with E-state index in [2.05, 4.69) is 17.0 Å². The predicted molar refractivity (Wildman–Crippen MR) is 89.1 cm³/mol. The van der Waals surface area contributed by atoms with Crippen LogP contribution in [0.25, 0.3) is 0 Å². The maximum absolute atomic E-state index is 12.3. The molecule has 0 aromatic heterocycles. The second-order valence-corrected chi connectivity index (χ2v) is 8.57.